The number of rotatable bonds is 3. The Balaban J connectivity index is 1.75. The van der Waals surface area contributed by atoms with Crippen LogP contribution in [0.25, 0.3) is 0 Å². The molecule has 0 aromatic heterocycles. The van der Waals surface area contributed by atoms with Crippen LogP contribution in [0.1, 0.15) is 48.1 Å². The van der Waals surface area contributed by atoms with Crippen molar-refractivity contribution in [3.63, 3.8) is 0 Å². The minimum atomic E-state index is -5.04. The number of ether oxygens (including phenoxy) is 2. The van der Waals surface area contributed by atoms with Crippen LogP contribution in [0.3, 0.4) is 0 Å². The van der Waals surface area contributed by atoms with Crippen molar-refractivity contribution in [2.24, 2.45) is 0 Å². The lowest BCUT2D eigenvalue weighted by Gasteiger charge is -2.32. The number of hydrogen-bond donors (Lipinski definition) is 1. The van der Waals surface area contributed by atoms with E-state index in [1.165, 1.54) is 12.1 Å². The number of alkyl halides is 8. The molecule has 2 aromatic carbocycles. The molecule has 13 heteroatoms. The molecule has 1 N–H and O–H groups in total. The van der Waals surface area contributed by atoms with E-state index < -0.39 is 48.3 Å². The summed E-state index contributed by atoms with van der Waals surface area (Å²) in [6, 6.07) is 2.77. The van der Waals surface area contributed by atoms with Crippen LogP contribution < -0.4 is 14.8 Å². The fourth-order valence-corrected chi connectivity index (χ4v) is 4.19. The minimum absolute atomic E-state index is 0.00724. The van der Waals surface area contributed by atoms with Crippen LogP contribution in [-0.4, -0.2) is 23.6 Å². The highest BCUT2D eigenvalue weighted by atomic mass is 19.4. The maximum atomic E-state index is 13.5. The van der Waals surface area contributed by atoms with Gasteiger partial charge in [0.25, 0.3) is 0 Å². The molecule has 1 unspecified atom stereocenters. The summed E-state index contributed by atoms with van der Waals surface area (Å²) in [6.07, 6.45) is -13.2. The smallest absolute Gasteiger partial charge is 0.395 e. The second-order valence-corrected chi connectivity index (χ2v) is 8.20. The third-order valence-corrected chi connectivity index (χ3v) is 5.68. The fraction of sp³-hybridized carbons (Fsp3) is 0.409. The van der Waals surface area contributed by atoms with E-state index in [1.807, 2.05) is 0 Å². The van der Waals surface area contributed by atoms with Gasteiger partial charge in [0.2, 0.25) is 5.91 Å². The number of fused-ring (bicyclic) bond motifs is 2. The number of benzene rings is 2. The molecule has 2 aliphatic rings. The molecule has 0 aliphatic carbocycles. The maximum absolute atomic E-state index is 13.5. The predicted octanol–water partition coefficient (Wildman–Crippen LogP) is 6.34. The Morgan fingerprint density at radius 1 is 1.00 bits per heavy atom. The summed E-state index contributed by atoms with van der Waals surface area (Å²) < 4.78 is 116. The van der Waals surface area contributed by atoms with Crippen molar-refractivity contribution >= 4 is 11.6 Å². The molecule has 1 amide bonds. The van der Waals surface area contributed by atoms with Gasteiger partial charge < -0.3 is 19.7 Å². The molecule has 4 rings (SSSR count). The molecule has 0 radical (unpaired) electrons. The summed E-state index contributed by atoms with van der Waals surface area (Å²) in [5, 5.41) is 3.01. The number of hydrogen-bond acceptors (Lipinski definition) is 4. The van der Waals surface area contributed by atoms with Crippen LogP contribution in [0.15, 0.2) is 30.3 Å². The molecule has 0 saturated heterocycles. The first-order valence-electron chi connectivity index (χ1n) is 10.4. The molecule has 190 valence electrons. The van der Waals surface area contributed by atoms with Crippen molar-refractivity contribution in [2.75, 3.05) is 11.9 Å². The lowest BCUT2D eigenvalue weighted by atomic mass is 9.97. The van der Waals surface area contributed by atoms with Crippen molar-refractivity contribution in [1.82, 2.24) is 4.90 Å². The van der Waals surface area contributed by atoms with Gasteiger partial charge in [0.1, 0.15) is 0 Å². The van der Waals surface area contributed by atoms with Gasteiger partial charge in [0.15, 0.2) is 11.5 Å². The van der Waals surface area contributed by atoms with Crippen LogP contribution in [0.5, 0.6) is 11.5 Å². The normalized spacial score (nSPS) is 18.9. The quantitative estimate of drug-likeness (QED) is 0.490. The van der Waals surface area contributed by atoms with Gasteiger partial charge in [-0.2, -0.15) is 26.3 Å². The average molecular weight is 510 g/mol. The van der Waals surface area contributed by atoms with Crippen molar-refractivity contribution in [3.05, 3.63) is 52.6 Å². The Labute approximate surface area is 193 Å². The Kier molecular flexibility index (Phi) is 6.00. The number of amides is 1. The zero-order valence-electron chi connectivity index (χ0n) is 18.0. The maximum Gasteiger partial charge on any atom is 0.586 e. The number of halogens is 8. The third-order valence-electron chi connectivity index (χ3n) is 5.68. The standard InChI is InChI=1S/C22H18F8N2O3/c1-11(33)32(10-12-5-13(20(23,24)25)7-14(6-12)21(26,27)28)17-3-2-4-31-16-9-19-18(8-15(16)17)34-22(29,30)35-19/h5-9,17,31H,2-4,10H2,1H3. The van der Waals surface area contributed by atoms with Crippen molar-refractivity contribution in [1.29, 1.82) is 0 Å². The van der Waals surface area contributed by atoms with E-state index in [0.717, 1.165) is 11.8 Å². The van der Waals surface area contributed by atoms with E-state index in [9.17, 15) is 39.9 Å². The molecular formula is C22H18F8N2O3. The molecule has 5 nitrogen and oxygen atoms in total. The molecule has 2 aromatic rings. The van der Waals surface area contributed by atoms with Gasteiger partial charge in [-0.25, -0.2) is 0 Å². The van der Waals surface area contributed by atoms with Crippen LogP contribution in [0.2, 0.25) is 0 Å². The van der Waals surface area contributed by atoms with E-state index in [4.69, 9.17) is 0 Å². The van der Waals surface area contributed by atoms with Gasteiger partial charge in [0.05, 0.1) is 17.2 Å². The zero-order valence-corrected chi connectivity index (χ0v) is 18.0. The van der Waals surface area contributed by atoms with Crippen LogP contribution in [0, 0.1) is 0 Å². The first-order chi connectivity index (χ1) is 16.1. The second kappa shape index (κ2) is 8.45. The number of carbonyl (C=O) groups is 1. The Bertz CT molecular complexity index is 1110. The Hall–Kier alpha value is -3.25. The number of carbonyl (C=O) groups excluding carboxylic acids is 1. The molecular weight excluding hydrogens is 492 g/mol. The number of nitrogens with zero attached hydrogens (tertiary/aromatic N) is 1. The number of nitrogens with one attached hydrogen (secondary N) is 1. The van der Waals surface area contributed by atoms with Crippen molar-refractivity contribution in [2.45, 2.75) is 51.0 Å². The molecule has 0 spiro atoms. The third kappa shape index (κ3) is 5.22. The van der Waals surface area contributed by atoms with Crippen LogP contribution in [-0.2, 0) is 23.7 Å². The van der Waals surface area contributed by atoms with Crippen LogP contribution in [0.4, 0.5) is 40.8 Å². The van der Waals surface area contributed by atoms with Gasteiger partial charge in [-0.3, -0.25) is 4.79 Å². The predicted molar refractivity (Wildman–Crippen MR) is 106 cm³/mol. The van der Waals surface area contributed by atoms with Gasteiger partial charge in [-0.1, -0.05) is 0 Å². The summed E-state index contributed by atoms with van der Waals surface area (Å²) >= 11 is 0. The van der Waals surface area contributed by atoms with Crippen molar-refractivity contribution in [3.8, 4) is 11.5 Å². The largest absolute Gasteiger partial charge is 0.586 e. The van der Waals surface area contributed by atoms with Gasteiger partial charge in [0, 0.05) is 37.3 Å². The Morgan fingerprint density at radius 2 is 1.57 bits per heavy atom. The van der Waals surface area contributed by atoms with Gasteiger partial charge >= 0.3 is 18.6 Å². The summed E-state index contributed by atoms with van der Waals surface area (Å²) in [6.45, 7) is 0.932. The van der Waals surface area contributed by atoms with Gasteiger partial charge in [-0.15, -0.1) is 8.78 Å². The van der Waals surface area contributed by atoms with E-state index in [-0.39, 0.29) is 29.5 Å². The first kappa shape index (κ1) is 24.9. The molecule has 2 aliphatic heterocycles. The molecule has 0 fully saturated rings. The lowest BCUT2D eigenvalue weighted by Crippen LogP contribution is -2.33. The second-order valence-electron chi connectivity index (χ2n) is 8.20. The number of anilines is 1. The lowest BCUT2D eigenvalue weighted by molar-refractivity contribution is -0.286. The van der Waals surface area contributed by atoms with Crippen LogP contribution >= 0.6 is 0 Å². The minimum Gasteiger partial charge on any atom is -0.395 e. The van der Waals surface area contributed by atoms with E-state index in [2.05, 4.69) is 14.8 Å². The van der Waals surface area contributed by atoms with Gasteiger partial charge in [-0.05, 0) is 42.7 Å². The molecule has 0 saturated carbocycles. The zero-order chi connectivity index (χ0) is 25.8. The van der Waals surface area contributed by atoms with E-state index in [0.29, 0.717) is 36.3 Å². The van der Waals surface area contributed by atoms with Crippen molar-refractivity contribution < 1.29 is 49.4 Å². The first-order valence-corrected chi connectivity index (χ1v) is 10.4. The fourth-order valence-electron chi connectivity index (χ4n) is 4.19. The Morgan fingerprint density at radius 3 is 2.11 bits per heavy atom. The van der Waals surface area contributed by atoms with E-state index >= 15 is 0 Å². The van der Waals surface area contributed by atoms with E-state index in [1.54, 1.807) is 0 Å². The highest BCUT2D eigenvalue weighted by Gasteiger charge is 2.45. The monoisotopic (exact) mass is 510 g/mol. The average Bonchev–Trinajstić information content (AvgIpc) is 2.88. The summed E-state index contributed by atoms with van der Waals surface area (Å²) in [5.41, 5.74) is -2.73. The molecule has 2 heterocycles. The topological polar surface area (TPSA) is 50.8 Å². The highest BCUT2D eigenvalue weighted by molar-refractivity contribution is 5.75. The molecule has 1 atom stereocenters. The summed E-state index contributed by atoms with van der Waals surface area (Å²) in [7, 11) is 0. The SMILES string of the molecule is CC(=O)N(Cc1cc(C(F)(F)F)cc(C(F)(F)F)c1)C1CCCNc2cc3c(cc21)OC(F)(F)O3. The highest BCUT2D eigenvalue weighted by Crippen LogP contribution is 2.47. The molecule has 35 heavy (non-hydrogen) atoms. The molecule has 0 bridgehead atoms. The summed E-state index contributed by atoms with van der Waals surface area (Å²) in [5.74, 6) is -1.18. The summed E-state index contributed by atoms with van der Waals surface area (Å²) in [4.78, 5) is 13.7.